The van der Waals surface area contributed by atoms with Gasteiger partial charge in [0, 0.05) is 13.8 Å². The van der Waals surface area contributed by atoms with Crippen LogP contribution in [0.15, 0.2) is 24.3 Å². The molecule has 0 spiro atoms. The molecule has 17 heavy (non-hydrogen) atoms. The van der Waals surface area contributed by atoms with Gasteiger partial charge in [0.15, 0.2) is 0 Å². The van der Waals surface area contributed by atoms with E-state index >= 15 is 0 Å². The fourth-order valence-corrected chi connectivity index (χ4v) is 1.22. The van der Waals surface area contributed by atoms with Crippen molar-refractivity contribution in [2.75, 3.05) is 18.5 Å². The second kappa shape index (κ2) is 6.52. The Morgan fingerprint density at radius 1 is 1.18 bits per heavy atom. The van der Waals surface area contributed by atoms with Crippen LogP contribution < -0.4 is 10.1 Å². The van der Waals surface area contributed by atoms with Gasteiger partial charge in [0.05, 0.1) is 5.69 Å². The maximum Gasteiger partial charge on any atom is 0.302 e. The third kappa shape index (κ3) is 5.01. The maximum atomic E-state index is 10.9. The van der Waals surface area contributed by atoms with Gasteiger partial charge in [-0.05, 0) is 12.1 Å². The van der Waals surface area contributed by atoms with Gasteiger partial charge in [0.25, 0.3) is 0 Å². The lowest BCUT2D eigenvalue weighted by Crippen LogP contribution is -2.12. The smallest absolute Gasteiger partial charge is 0.302 e. The Kier molecular flexibility index (Phi) is 5.00. The minimum absolute atomic E-state index is 0.166. The lowest BCUT2D eigenvalue weighted by Gasteiger charge is -2.11. The maximum absolute atomic E-state index is 10.9. The zero-order valence-electron chi connectivity index (χ0n) is 9.86. The number of anilines is 1. The number of carbonyl (C=O) groups excluding carboxylic acids is 2. The zero-order valence-corrected chi connectivity index (χ0v) is 9.86. The van der Waals surface area contributed by atoms with Crippen LogP contribution >= 0.6 is 0 Å². The third-order valence-electron chi connectivity index (χ3n) is 1.84. The number of amides is 1. The first kappa shape index (κ1) is 13.0. The van der Waals surface area contributed by atoms with Crippen molar-refractivity contribution in [2.45, 2.75) is 13.8 Å². The summed E-state index contributed by atoms with van der Waals surface area (Å²) in [6.07, 6.45) is 0. The predicted molar refractivity (Wildman–Crippen MR) is 62.9 cm³/mol. The Hall–Kier alpha value is -2.04. The molecule has 0 heterocycles. The topological polar surface area (TPSA) is 64.6 Å². The first-order chi connectivity index (χ1) is 8.09. The second-order valence-corrected chi connectivity index (χ2v) is 3.37. The summed E-state index contributed by atoms with van der Waals surface area (Å²) < 4.78 is 10.1. The third-order valence-corrected chi connectivity index (χ3v) is 1.84. The van der Waals surface area contributed by atoms with Crippen LogP contribution in [0.4, 0.5) is 5.69 Å². The lowest BCUT2D eigenvalue weighted by atomic mass is 10.3. The molecule has 0 unspecified atom stereocenters. The molecule has 0 bridgehead atoms. The highest BCUT2D eigenvalue weighted by Gasteiger charge is 2.04. The van der Waals surface area contributed by atoms with Gasteiger partial charge in [0.2, 0.25) is 5.91 Å². The van der Waals surface area contributed by atoms with Gasteiger partial charge in [-0.3, -0.25) is 9.59 Å². The molecule has 0 radical (unpaired) electrons. The number of nitrogens with one attached hydrogen (secondary N) is 1. The van der Waals surface area contributed by atoms with E-state index in [9.17, 15) is 9.59 Å². The number of para-hydroxylation sites is 2. The van der Waals surface area contributed by atoms with E-state index < -0.39 is 0 Å². The monoisotopic (exact) mass is 237 g/mol. The average molecular weight is 237 g/mol. The largest absolute Gasteiger partial charge is 0.488 e. The highest BCUT2D eigenvalue weighted by atomic mass is 16.6. The van der Waals surface area contributed by atoms with Crippen molar-refractivity contribution in [1.82, 2.24) is 0 Å². The minimum Gasteiger partial charge on any atom is -0.488 e. The van der Waals surface area contributed by atoms with Crippen LogP contribution in [0.5, 0.6) is 5.75 Å². The predicted octanol–water partition coefficient (Wildman–Crippen LogP) is 1.59. The van der Waals surface area contributed by atoms with Crippen molar-refractivity contribution < 1.29 is 19.1 Å². The van der Waals surface area contributed by atoms with Crippen molar-refractivity contribution in [3.8, 4) is 5.75 Å². The van der Waals surface area contributed by atoms with Crippen molar-refractivity contribution in [2.24, 2.45) is 0 Å². The normalized spacial score (nSPS) is 9.53. The van der Waals surface area contributed by atoms with Gasteiger partial charge < -0.3 is 14.8 Å². The first-order valence-electron chi connectivity index (χ1n) is 5.22. The quantitative estimate of drug-likeness (QED) is 0.624. The fraction of sp³-hybridized carbons (Fsp3) is 0.333. The Labute approximate surface area is 99.7 Å². The van der Waals surface area contributed by atoms with Crippen molar-refractivity contribution >= 4 is 17.6 Å². The molecule has 92 valence electrons. The number of ether oxygens (including phenoxy) is 2. The number of esters is 1. The Bertz CT molecular complexity index is 403. The standard InChI is InChI=1S/C12H15NO4/c1-9(14)13-11-5-3-4-6-12(11)17-8-7-16-10(2)15/h3-6H,7-8H2,1-2H3,(H,13,14). The SMILES string of the molecule is CC(=O)Nc1ccccc1OCCOC(C)=O. The van der Waals surface area contributed by atoms with Gasteiger partial charge in [-0.2, -0.15) is 0 Å². The van der Waals surface area contributed by atoms with E-state index in [1.165, 1.54) is 13.8 Å². The molecule has 0 aliphatic heterocycles. The summed E-state index contributed by atoms with van der Waals surface area (Å²) in [5.74, 6) is 0.0413. The molecular weight excluding hydrogens is 222 g/mol. The highest BCUT2D eigenvalue weighted by molar-refractivity contribution is 5.90. The van der Waals surface area contributed by atoms with E-state index in [1.54, 1.807) is 24.3 Å². The lowest BCUT2D eigenvalue weighted by molar-refractivity contribution is -0.141. The molecule has 1 N–H and O–H groups in total. The molecule has 0 atom stereocenters. The summed E-state index contributed by atoms with van der Waals surface area (Å²) in [7, 11) is 0. The van der Waals surface area contributed by atoms with Crippen LogP contribution in [0.2, 0.25) is 0 Å². The molecule has 1 rings (SSSR count). The van der Waals surface area contributed by atoms with Crippen LogP contribution in [0, 0.1) is 0 Å². The first-order valence-corrected chi connectivity index (χ1v) is 5.22. The van der Waals surface area contributed by atoms with Crippen LogP contribution in [0.3, 0.4) is 0 Å². The summed E-state index contributed by atoms with van der Waals surface area (Å²) in [4.78, 5) is 21.5. The van der Waals surface area contributed by atoms with Crippen molar-refractivity contribution in [1.29, 1.82) is 0 Å². The van der Waals surface area contributed by atoms with Crippen molar-refractivity contribution in [3.63, 3.8) is 0 Å². The highest BCUT2D eigenvalue weighted by Crippen LogP contribution is 2.23. The molecule has 1 aromatic carbocycles. The van der Waals surface area contributed by atoms with Gasteiger partial charge in [-0.25, -0.2) is 0 Å². The summed E-state index contributed by atoms with van der Waals surface area (Å²) in [6, 6.07) is 7.07. The summed E-state index contributed by atoms with van der Waals surface area (Å²) in [5.41, 5.74) is 0.600. The van der Waals surface area contributed by atoms with Crippen LogP contribution in [-0.2, 0) is 14.3 Å². The number of rotatable bonds is 5. The van der Waals surface area contributed by atoms with Gasteiger partial charge >= 0.3 is 5.97 Å². The van der Waals surface area contributed by atoms with Gasteiger partial charge in [0.1, 0.15) is 19.0 Å². The second-order valence-electron chi connectivity index (χ2n) is 3.37. The molecule has 0 saturated carbocycles. The average Bonchev–Trinajstić information content (AvgIpc) is 2.25. The van der Waals surface area contributed by atoms with E-state index in [2.05, 4.69) is 5.32 Å². The number of hydrogen-bond donors (Lipinski definition) is 1. The molecular formula is C12H15NO4. The molecule has 0 saturated heterocycles. The molecule has 1 amide bonds. The van der Waals surface area contributed by atoms with Crippen LogP contribution in [0.25, 0.3) is 0 Å². The molecule has 1 aromatic rings. The van der Waals surface area contributed by atoms with Crippen LogP contribution in [0.1, 0.15) is 13.8 Å². The number of carbonyl (C=O) groups is 2. The van der Waals surface area contributed by atoms with E-state index in [4.69, 9.17) is 9.47 Å². The van der Waals surface area contributed by atoms with Gasteiger partial charge in [-0.15, -0.1) is 0 Å². The Balaban J connectivity index is 2.51. The van der Waals surface area contributed by atoms with Gasteiger partial charge in [-0.1, -0.05) is 12.1 Å². The van der Waals surface area contributed by atoms with Crippen LogP contribution in [-0.4, -0.2) is 25.1 Å². The summed E-state index contributed by atoms with van der Waals surface area (Å²) in [5, 5.41) is 2.65. The number of benzene rings is 1. The Morgan fingerprint density at radius 2 is 1.88 bits per heavy atom. The molecule has 0 aromatic heterocycles. The van der Waals surface area contributed by atoms with Crippen molar-refractivity contribution in [3.05, 3.63) is 24.3 Å². The molecule has 0 aliphatic carbocycles. The summed E-state index contributed by atoms with van der Waals surface area (Å²) in [6.45, 7) is 3.20. The number of hydrogen-bond acceptors (Lipinski definition) is 4. The summed E-state index contributed by atoms with van der Waals surface area (Å²) >= 11 is 0. The molecule has 5 nitrogen and oxygen atoms in total. The Morgan fingerprint density at radius 3 is 2.53 bits per heavy atom. The zero-order chi connectivity index (χ0) is 12.7. The molecule has 0 aliphatic rings. The van der Waals surface area contributed by atoms with E-state index in [0.717, 1.165) is 0 Å². The molecule has 5 heteroatoms. The minimum atomic E-state index is -0.344. The molecule has 0 fully saturated rings. The van der Waals surface area contributed by atoms with E-state index in [-0.39, 0.29) is 25.1 Å². The fourth-order valence-electron chi connectivity index (χ4n) is 1.22. The van der Waals surface area contributed by atoms with E-state index in [1.807, 2.05) is 0 Å². The van der Waals surface area contributed by atoms with E-state index in [0.29, 0.717) is 11.4 Å².